The first-order chi connectivity index (χ1) is 15.6. The van der Waals surface area contributed by atoms with Gasteiger partial charge in [0.2, 0.25) is 0 Å². The number of amides is 1. The van der Waals surface area contributed by atoms with Gasteiger partial charge in [0.15, 0.2) is 0 Å². The highest BCUT2D eigenvalue weighted by Gasteiger charge is 2.18. The van der Waals surface area contributed by atoms with E-state index >= 15 is 0 Å². The van der Waals surface area contributed by atoms with Gasteiger partial charge in [0, 0.05) is 38.4 Å². The van der Waals surface area contributed by atoms with Gasteiger partial charge < -0.3 is 19.9 Å². The van der Waals surface area contributed by atoms with Gasteiger partial charge in [-0.3, -0.25) is 4.79 Å². The molecule has 0 unspecified atom stereocenters. The lowest BCUT2D eigenvalue weighted by Crippen LogP contribution is -2.45. The predicted octanol–water partition coefficient (Wildman–Crippen LogP) is 4.09. The molecule has 5 nitrogen and oxygen atoms in total. The van der Waals surface area contributed by atoms with Crippen LogP contribution in [-0.2, 0) is 13.2 Å². The van der Waals surface area contributed by atoms with Crippen molar-refractivity contribution in [1.82, 2.24) is 10.2 Å². The highest BCUT2D eigenvalue weighted by molar-refractivity contribution is 5.96. The average molecular weight is 434 g/mol. The number of piperazine rings is 1. The van der Waals surface area contributed by atoms with Gasteiger partial charge in [-0.1, -0.05) is 42.5 Å². The number of anilines is 1. The molecule has 1 aliphatic rings. The largest absolute Gasteiger partial charge is 0.488 e. The molecule has 0 atom stereocenters. The van der Waals surface area contributed by atoms with Crippen LogP contribution in [0.15, 0.2) is 72.8 Å². The lowest BCUT2D eigenvalue weighted by atomic mass is 10.1. The minimum atomic E-state index is -0.287. The molecule has 1 amide bonds. The van der Waals surface area contributed by atoms with Gasteiger partial charge in [0.1, 0.15) is 18.2 Å². The zero-order valence-electron chi connectivity index (χ0n) is 18.3. The molecule has 4 rings (SSSR count). The molecule has 3 aromatic rings. The maximum absolute atomic E-state index is 13.1. The van der Waals surface area contributed by atoms with E-state index in [1.807, 2.05) is 24.3 Å². The number of carbonyl (C=O) groups excluding carboxylic acids is 1. The molecular weight excluding hydrogens is 405 g/mol. The van der Waals surface area contributed by atoms with Gasteiger partial charge in [-0.15, -0.1) is 0 Å². The minimum Gasteiger partial charge on any atom is -0.488 e. The molecule has 0 aromatic heterocycles. The van der Waals surface area contributed by atoms with E-state index < -0.39 is 0 Å². The van der Waals surface area contributed by atoms with Crippen molar-refractivity contribution < 1.29 is 13.9 Å². The van der Waals surface area contributed by atoms with Gasteiger partial charge in [0.05, 0.1) is 5.56 Å². The van der Waals surface area contributed by atoms with Crippen LogP contribution >= 0.6 is 0 Å². The molecule has 0 saturated carbocycles. The van der Waals surface area contributed by atoms with Crippen LogP contribution in [0.4, 0.5) is 10.1 Å². The maximum Gasteiger partial charge on any atom is 0.255 e. The zero-order chi connectivity index (χ0) is 22.3. The summed E-state index contributed by atoms with van der Waals surface area (Å²) in [4.78, 5) is 17.7. The van der Waals surface area contributed by atoms with Crippen molar-refractivity contribution in [3.63, 3.8) is 0 Å². The van der Waals surface area contributed by atoms with E-state index in [0.717, 1.165) is 37.3 Å². The Kier molecular flexibility index (Phi) is 7.02. The summed E-state index contributed by atoms with van der Waals surface area (Å²) in [6.07, 6.45) is 0. The number of benzene rings is 3. The van der Waals surface area contributed by atoms with E-state index in [9.17, 15) is 9.18 Å². The number of nitrogens with one attached hydrogen (secondary N) is 1. The molecule has 6 heteroatoms. The highest BCUT2D eigenvalue weighted by Crippen LogP contribution is 2.23. The first kappa shape index (κ1) is 21.8. The van der Waals surface area contributed by atoms with Crippen LogP contribution in [-0.4, -0.2) is 44.0 Å². The van der Waals surface area contributed by atoms with E-state index in [1.165, 1.54) is 17.8 Å². The Labute approximate surface area is 188 Å². The molecule has 0 radical (unpaired) electrons. The van der Waals surface area contributed by atoms with Crippen LogP contribution in [0, 0.1) is 5.82 Å². The van der Waals surface area contributed by atoms with Gasteiger partial charge in [-0.2, -0.15) is 0 Å². The fourth-order valence-corrected chi connectivity index (χ4v) is 3.81. The molecule has 1 aliphatic heterocycles. The predicted molar refractivity (Wildman–Crippen MR) is 124 cm³/mol. The second kappa shape index (κ2) is 10.3. The molecule has 1 heterocycles. The number of carbonyl (C=O) groups is 1. The Morgan fingerprint density at radius 3 is 2.41 bits per heavy atom. The average Bonchev–Trinajstić information content (AvgIpc) is 2.83. The fourth-order valence-electron chi connectivity index (χ4n) is 3.81. The van der Waals surface area contributed by atoms with Crippen molar-refractivity contribution in [2.75, 3.05) is 38.1 Å². The monoisotopic (exact) mass is 433 g/mol. The number of hydrogen-bond donors (Lipinski definition) is 1. The summed E-state index contributed by atoms with van der Waals surface area (Å²) in [5.41, 5.74) is 3.58. The molecule has 1 fully saturated rings. The lowest BCUT2D eigenvalue weighted by molar-refractivity contribution is 0.0946. The summed E-state index contributed by atoms with van der Waals surface area (Å²) < 4.78 is 19.0. The van der Waals surface area contributed by atoms with Crippen molar-refractivity contribution in [3.05, 3.63) is 95.3 Å². The van der Waals surface area contributed by atoms with E-state index in [4.69, 9.17) is 4.74 Å². The molecule has 1 N–H and O–H groups in total. The van der Waals surface area contributed by atoms with Crippen molar-refractivity contribution >= 4 is 11.6 Å². The maximum atomic E-state index is 13.1. The van der Waals surface area contributed by atoms with Crippen LogP contribution in [0.2, 0.25) is 0 Å². The van der Waals surface area contributed by atoms with Crippen molar-refractivity contribution in [1.29, 1.82) is 0 Å². The minimum absolute atomic E-state index is 0.187. The standard InChI is InChI=1S/C26H28FN3O2/c1-29-14-16-30(17-15-29)24-8-4-2-6-21(24)18-28-26(31)23-7-3-5-9-25(23)32-19-20-10-12-22(27)13-11-20/h2-13H,14-19H2,1H3,(H,28,31). The lowest BCUT2D eigenvalue weighted by Gasteiger charge is -2.35. The third-order valence-electron chi connectivity index (χ3n) is 5.71. The highest BCUT2D eigenvalue weighted by atomic mass is 19.1. The molecule has 32 heavy (non-hydrogen) atoms. The zero-order valence-corrected chi connectivity index (χ0v) is 18.3. The second-order valence-corrected chi connectivity index (χ2v) is 8.01. The Morgan fingerprint density at radius 1 is 0.938 bits per heavy atom. The summed E-state index contributed by atoms with van der Waals surface area (Å²) in [6.45, 7) is 4.70. The molecule has 166 valence electrons. The molecule has 1 saturated heterocycles. The van der Waals surface area contributed by atoms with Crippen molar-refractivity contribution in [2.24, 2.45) is 0 Å². The van der Waals surface area contributed by atoms with Crippen molar-refractivity contribution in [2.45, 2.75) is 13.2 Å². The smallest absolute Gasteiger partial charge is 0.255 e. The summed E-state index contributed by atoms with van der Waals surface area (Å²) >= 11 is 0. The first-order valence-corrected chi connectivity index (χ1v) is 10.9. The summed E-state index contributed by atoms with van der Waals surface area (Å²) in [7, 11) is 2.14. The number of rotatable bonds is 7. The second-order valence-electron chi connectivity index (χ2n) is 8.01. The van der Waals surface area contributed by atoms with Gasteiger partial charge in [-0.25, -0.2) is 4.39 Å². The summed E-state index contributed by atoms with van der Waals surface area (Å²) in [5, 5.41) is 3.04. The van der Waals surface area contributed by atoms with Crippen molar-refractivity contribution in [3.8, 4) is 5.75 Å². The first-order valence-electron chi connectivity index (χ1n) is 10.9. The number of para-hydroxylation sites is 2. The molecular formula is C26H28FN3O2. The number of hydrogen-bond acceptors (Lipinski definition) is 4. The third kappa shape index (κ3) is 5.45. The fraction of sp³-hybridized carbons (Fsp3) is 0.269. The number of ether oxygens (including phenoxy) is 1. The van der Waals surface area contributed by atoms with Crippen LogP contribution in [0.5, 0.6) is 5.75 Å². The topological polar surface area (TPSA) is 44.8 Å². The molecule has 0 bridgehead atoms. The SMILES string of the molecule is CN1CCN(c2ccccc2CNC(=O)c2ccccc2OCc2ccc(F)cc2)CC1. The van der Waals surface area contributed by atoms with Crippen LogP contribution in [0.25, 0.3) is 0 Å². The van der Waals surface area contributed by atoms with Crippen LogP contribution < -0.4 is 15.0 Å². The van der Waals surface area contributed by atoms with E-state index in [-0.39, 0.29) is 18.3 Å². The van der Waals surface area contributed by atoms with E-state index in [2.05, 4.69) is 34.3 Å². The normalized spacial score (nSPS) is 14.2. The Hall–Kier alpha value is -3.38. The molecule has 3 aromatic carbocycles. The summed E-state index contributed by atoms with van der Waals surface area (Å²) in [5.74, 6) is 0.0277. The summed E-state index contributed by atoms with van der Waals surface area (Å²) in [6, 6.07) is 21.5. The Bertz CT molecular complexity index is 1050. The number of likely N-dealkylation sites (N-methyl/N-ethyl adjacent to an activating group) is 1. The van der Waals surface area contributed by atoms with E-state index in [0.29, 0.717) is 17.9 Å². The van der Waals surface area contributed by atoms with Gasteiger partial charge in [0.25, 0.3) is 5.91 Å². The van der Waals surface area contributed by atoms with Gasteiger partial charge >= 0.3 is 0 Å². The van der Waals surface area contributed by atoms with Crippen LogP contribution in [0.1, 0.15) is 21.5 Å². The number of halogens is 1. The molecule has 0 spiro atoms. The third-order valence-corrected chi connectivity index (χ3v) is 5.71. The Morgan fingerprint density at radius 2 is 1.62 bits per heavy atom. The van der Waals surface area contributed by atoms with Gasteiger partial charge in [-0.05, 0) is 48.5 Å². The van der Waals surface area contributed by atoms with E-state index in [1.54, 1.807) is 24.3 Å². The quantitative estimate of drug-likeness (QED) is 0.610. The molecule has 0 aliphatic carbocycles. The Balaban J connectivity index is 1.41. The van der Waals surface area contributed by atoms with Crippen LogP contribution in [0.3, 0.4) is 0 Å². The number of nitrogens with zero attached hydrogens (tertiary/aromatic N) is 2.